The van der Waals surface area contributed by atoms with Gasteiger partial charge >= 0.3 is 5.97 Å². The Kier molecular flexibility index (Phi) is 7.99. The molecule has 0 radical (unpaired) electrons. The molecule has 0 saturated carbocycles. The molecule has 2 aromatic heterocycles. The van der Waals surface area contributed by atoms with E-state index in [4.69, 9.17) is 9.47 Å². The number of esters is 1. The molecule has 34 heavy (non-hydrogen) atoms. The Balaban J connectivity index is 1.84. The number of nitrogens with zero attached hydrogens (tertiary/aromatic N) is 4. The van der Waals surface area contributed by atoms with Gasteiger partial charge in [-0.1, -0.05) is 39.0 Å². The zero-order chi connectivity index (χ0) is 24.8. The molecule has 0 fully saturated rings. The van der Waals surface area contributed by atoms with Gasteiger partial charge in [-0.05, 0) is 30.9 Å². The quantitative estimate of drug-likeness (QED) is 0.472. The van der Waals surface area contributed by atoms with Crippen LogP contribution in [0.4, 0.5) is 0 Å². The highest BCUT2D eigenvalue weighted by Gasteiger charge is 2.25. The topological polar surface area (TPSA) is 108 Å². The third kappa shape index (κ3) is 5.59. The Bertz CT molecular complexity index is 1170. The summed E-state index contributed by atoms with van der Waals surface area (Å²) < 4.78 is 12.3. The fraction of sp³-hybridized carbons (Fsp3) is 0.400. The molecule has 0 unspecified atom stereocenters. The second-order valence-electron chi connectivity index (χ2n) is 8.31. The predicted molar refractivity (Wildman–Crippen MR) is 128 cm³/mol. The average molecular weight is 466 g/mol. The number of carbonyl (C=O) groups excluding carboxylic acids is 2. The number of amides is 1. The van der Waals surface area contributed by atoms with Gasteiger partial charge in [-0.3, -0.25) is 14.3 Å². The van der Waals surface area contributed by atoms with Gasteiger partial charge < -0.3 is 14.8 Å². The van der Waals surface area contributed by atoms with Crippen LogP contribution in [0.15, 0.2) is 36.5 Å². The summed E-state index contributed by atoms with van der Waals surface area (Å²) in [4.78, 5) is 34.0. The van der Waals surface area contributed by atoms with Crippen molar-refractivity contribution in [3.05, 3.63) is 53.6 Å². The zero-order valence-corrected chi connectivity index (χ0v) is 20.5. The van der Waals surface area contributed by atoms with Gasteiger partial charge in [-0.15, -0.1) is 0 Å². The lowest BCUT2D eigenvalue weighted by Gasteiger charge is -2.15. The molecule has 0 aliphatic rings. The van der Waals surface area contributed by atoms with Crippen molar-refractivity contribution in [2.75, 3.05) is 7.11 Å². The maximum atomic E-state index is 13.1. The maximum Gasteiger partial charge on any atom is 0.311 e. The lowest BCUT2D eigenvalue weighted by atomic mass is 10.0. The van der Waals surface area contributed by atoms with Gasteiger partial charge in [0, 0.05) is 31.3 Å². The standard InChI is InChI=1S/C25H31N5O4/c1-7-9-20(31)34-22-19(33-6)12-13-26-21(22)25(32)27-16(4)24-28-23(29-30(24)5)18-11-8-10-17(14-18)15(2)3/h8,10-16H,7,9H2,1-6H3,(H,27,32)/t16-/m0/s1. The van der Waals surface area contributed by atoms with Gasteiger partial charge in [0.15, 0.2) is 17.3 Å². The monoisotopic (exact) mass is 465 g/mol. The zero-order valence-electron chi connectivity index (χ0n) is 20.5. The van der Waals surface area contributed by atoms with Crippen molar-refractivity contribution in [2.45, 2.75) is 52.5 Å². The van der Waals surface area contributed by atoms with E-state index in [9.17, 15) is 9.59 Å². The largest absolute Gasteiger partial charge is 0.493 e. The van der Waals surface area contributed by atoms with E-state index in [1.165, 1.54) is 24.9 Å². The molecule has 0 saturated heterocycles. The van der Waals surface area contributed by atoms with E-state index in [1.54, 1.807) is 18.7 Å². The summed E-state index contributed by atoms with van der Waals surface area (Å²) in [7, 11) is 3.22. The maximum absolute atomic E-state index is 13.1. The minimum atomic E-state index is -0.517. The molecule has 1 amide bonds. The summed E-state index contributed by atoms with van der Waals surface area (Å²) in [6.45, 7) is 7.94. The van der Waals surface area contributed by atoms with Crippen molar-refractivity contribution in [2.24, 2.45) is 7.05 Å². The van der Waals surface area contributed by atoms with Crippen LogP contribution >= 0.6 is 0 Å². The molecule has 1 N–H and O–H groups in total. The minimum absolute atomic E-state index is 0.00250. The molecule has 0 spiro atoms. The summed E-state index contributed by atoms with van der Waals surface area (Å²) >= 11 is 0. The molecule has 3 rings (SSSR count). The van der Waals surface area contributed by atoms with E-state index in [1.807, 2.05) is 19.1 Å². The molecule has 2 heterocycles. The van der Waals surface area contributed by atoms with Crippen LogP contribution in [0.5, 0.6) is 11.5 Å². The van der Waals surface area contributed by atoms with Gasteiger partial charge in [0.25, 0.3) is 5.91 Å². The Hall–Kier alpha value is -3.75. The predicted octanol–water partition coefficient (Wildman–Crippen LogP) is 4.21. The smallest absolute Gasteiger partial charge is 0.311 e. The lowest BCUT2D eigenvalue weighted by molar-refractivity contribution is -0.134. The van der Waals surface area contributed by atoms with Crippen molar-refractivity contribution in [3.8, 4) is 22.9 Å². The lowest BCUT2D eigenvalue weighted by Crippen LogP contribution is -2.30. The average Bonchev–Trinajstić information content (AvgIpc) is 3.21. The molecular weight excluding hydrogens is 434 g/mol. The van der Waals surface area contributed by atoms with Crippen LogP contribution in [0.2, 0.25) is 0 Å². The van der Waals surface area contributed by atoms with Crippen LogP contribution in [0.3, 0.4) is 0 Å². The summed E-state index contributed by atoms with van der Waals surface area (Å²) in [6, 6.07) is 9.15. The van der Waals surface area contributed by atoms with E-state index in [2.05, 4.69) is 46.4 Å². The van der Waals surface area contributed by atoms with E-state index >= 15 is 0 Å². The Morgan fingerprint density at radius 3 is 2.62 bits per heavy atom. The van der Waals surface area contributed by atoms with E-state index in [0.29, 0.717) is 24.0 Å². The molecule has 0 bridgehead atoms. The van der Waals surface area contributed by atoms with E-state index < -0.39 is 17.9 Å². The van der Waals surface area contributed by atoms with Crippen LogP contribution in [-0.4, -0.2) is 38.7 Å². The van der Waals surface area contributed by atoms with E-state index in [0.717, 1.165) is 5.56 Å². The fourth-order valence-electron chi connectivity index (χ4n) is 3.48. The summed E-state index contributed by atoms with van der Waals surface area (Å²) in [5.74, 6) is 0.813. The number of carbonyl (C=O) groups is 2. The van der Waals surface area contributed by atoms with Gasteiger partial charge in [-0.25, -0.2) is 9.97 Å². The van der Waals surface area contributed by atoms with Crippen molar-refractivity contribution in [3.63, 3.8) is 0 Å². The normalized spacial score (nSPS) is 11.9. The third-order valence-electron chi connectivity index (χ3n) is 5.32. The van der Waals surface area contributed by atoms with Gasteiger partial charge in [0.05, 0.1) is 13.2 Å². The number of aryl methyl sites for hydroxylation is 1. The van der Waals surface area contributed by atoms with Crippen LogP contribution < -0.4 is 14.8 Å². The van der Waals surface area contributed by atoms with Crippen molar-refractivity contribution < 1.29 is 19.1 Å². The molecule has 180 valence electrons. The first-order chi connectivity index (χ1) is 16.2. The van der Waals surface area contributed by atoms with Crippen molar-refractivity contribution in [1.82, 2.24) is 25.1 Å². The second kappa shape index (κ2) is 10.9. The second-order valence-corrected chi connectivity index (χ2v) is 8.31. The fourth-order valence-corrected chi connectivity index (χ4v) is 3.48. The Morgan fingerprint density at radius 1 is 1.18 bits per heavy atom. The highest BCUT2D eigenvalue weighted by Crippen LogP contribution is 2.30. The van der Waals surface area contributed by atoms with E-state index in [-0.39, 0.29) is 23.6 Å². The van der Waals surface area contributed by atoms with Crippen molar-refractivity contribution in [1.29, 1.82) is 0 Å². The molecule has 3 aromatic rings. The Morgan fingerprint density at radius 2 is 1.94 bits per heavy atom. The van der Waals surface area contributed by atoms with Crippen LogP contribution in [0.25, 0.3) is 11.4 Å². The molecule has 1 aromatic carbocycles. The number of aromatic nitrogens is 4. The first-order valence-electron chi connectivity index (χ1n) is 11.3. The number of hydrogen-bond donors (Lipinski definition) is 1. The van der Waals surface area contributed by atoms with Crippen LogP contribution in [0, 0.1) is 0 Å². The number of benzene rings is 1. The summed E-state index contributed by atoms with van der Waals surface area (Å²) in [5.41, 5.74) is 2.07. The van der Waals surface area contributed by atoms with Gasteiger partial charge in [0.2, 0.25) is 5.75 Å². The highest BCUT2D eigenvalue weighted by molar-refractivity contribution is 5.96. The summed E-state index contributed by atoms with van der Waals surface area (Å²) in [5, 5.41) is 7.41. The minimum Gasteiger partial charge on any atom is -0.493 e. The first-order valence-corrected chi connectivity index (χ1v) is 11.3. The number of ether oxygens (including phenoxy) is 2. The molecule has 1 atom stereocenters. The van der Waals surface area contributed by atoms with Crippen LogP contribution in [0.1, 0.15) is 74.4 Å². The number of methoxy groups -OCH3 is 1. The first kappa shape index (κ1) is 24.9. The molecule has 0 aliphatic carbocycles. The number of rotatable bonds is 9. The molecule has 9 heteroatoms. The molecular formula is C25H31N5O4. The number of hydrogen-bond acceptors (Lipinski definition) is 7. The molecule has 0 aliphatic heterocycles. The Labute approximate surface area is 199 Å². The van der Waals surface area contributed by atoms with Gasteiger partial charge in [-0.2, -0.15) is 5.10 Å². The number of nitrogens with one attached hydrogen (secondary N) is 1. The van der Waals surface area contributed by atoms with Crippen LogP contribution in [-0.2, 0) is 11.8 Å². The highest BCUT2D eigenvalue weighted by atomic mass is 16.6. The van der Waals surface area contributed by atoms with Crippen molar-refractivity contribution >= 4 is 11.9 Å². The number of pyridine rings is 1. The SMILES string of the molecule is CCCC(=O)Oc1c(OC)ccnc1C(=O)N[C@@H](C)c1nc(-c2cccc(C(C)C)c2)nn1C. The summed E-state index contributed by atoms with van der Waals surface area (Å²) in [6.07, 6.45) is 2.27. The third-order valence-corrected chi connectivity index (χ3v) is 5.32. The molecule has 9 nitrogen and oxygen atoms in total. The van der Waals surface area contributed by atoms with Gasteiger partial charge in [0.1, 0.15) is 5.82 Å².